The fourth-order valence-electron chi connectivity index (χ4n) is 6.82. The summed E-state index contributed by atoms with van der Waals surface area (Å²) in [6.07, 6.45) is 4.89. The molecule has 3 heterocycles. The number of nitrogens with zero attached hydrogens (tertiary/aromatic N) is 2. The third kappa shape index (κ3) is 4.65. The van der Waals surface area contributed by atoms with Gasteiger partial charge in [-0.25, -0.2) is 0 Å². The lowest BCUT2D eigenvalue weighted by Gasteiger charge is -2.43. The topological polar surface area (TPSA) is 87.2 Å². The van der Waals surface area contributed by atoms with Crippen molar-refractivity contribution in [3.8, 4) is 0 Å². The second-order valence-corrected chi connectivity index (χ2v) is 12.5. The number of ether oxygens (including phenoxy) is 1. The molecule has 0 aromatic carbocycles. The minimum atomic E-state index is -0.723. The molecule has 4 unspecified atom stereocenters. The molecule has 8 heteroatoms. The molecule has 0 aliphatic carbocycles. The Balaban J connectivity index is 2.14. The van der Waals surface area contributed by atoms with Gasteiger partial charge in [0.05, 0.1) is 35.8 Å². The van der Waals surface area contributed by atoms with Gasteiger partial charge in [0.25, 0.3) is 0 Å². The lowest BCUT2D eigenvalue weighted by Crippen LogP contribution is -2.60. The molecule has 0 radical (unpaired) electrons. The molecule has 3 saturated heterocycles. The van der Waals surface area contributed by atoms with Crippen molar-refractivity contribution < 1.29 is 24.2 Å². The third-order valence-corrected chi connectivity index (χ3v) is 10.2. The SMILES string of the molecule is C=CCN(C(=O)C1N([C@@H](CO)CC(C)C)C(=O)[C@@H]2[C@@H](C(=O)OCC)[C@H]3CC(C)C12S3)C(C)CCC. The van der Waals surface area contributed by atoms with E-state index in [1.54, 1.807) is 29.7 Å². The largest absolute Gasteiger partial charge is 0.466 e. The predicted molar refractivity (Wildman–Crippen MR) is 139 cm³/mol. The molecule has 2 bridgehead atoms. The van der Waals surface area contributed by atoms with Crippen LogP contribution in [0.25, 0.3) is 0 Å². The highest BCUT2D eigenvalue weighted by Gasteiger charge is 2.77. The fourth-order valence-corrected chi connectivity index (χ4v) is 9.21. The fraction of sp³-hybridized carbons (Fsp3) is 0.815. The summed E-state index contributed by atoms with van der Waals surface area (Å²) in [5, 5.41) is 10.4. The molecule has 198 valence electrons. The number of hydrogen-bond acceptors (Lipinski definition) is 6. The van der Waals surface area contributed by atoms with Crippen molar-refractivity contribution in [2.45, 2.75) is 95.3 Å². The summed E-state index contributed by atoms with van der Waals surface area (Å²) in [4.78, 5) is 45.3. The summed E-state index contributed by atoms with van der Waals surface area (Å²) in [6, 6.07) is -1.20. The van der Waals surface area contributed by atoms with Crippen LogP contribution in [0.4, 0.5) is 0 Å². The number of carbonyl (C=O) groups excluding carboxylic acids is 3. The van der Waals surface area contributed by atoms with Gasteiger partial charge in [0.15, 0.2) is 0 Å². The maximum absolute atomic E-state index is 14.5. The first kappa shape index (κ1) is 28.0. The lowest BCUT2D eigenvalue weighted by atomic mass is 9.66. The van der Waals surface area contributed by atoms with Gasteiger partial charge in [-0.1, -0.05) is 40.2 Å². The van der Waals surface area contributed by atoms with Crippen LogP contribution in [-0.4, -0.2) is 80.6 Å². The van der Waals surface area contributed by atoms with E-state index in [4.69, 9.17) is 4.74 Å². The molecule has 7 nitrogen and oxygen atoms in total. The van der Waals surface area contributed by atoms with Crippen molar-refractivity contribution in [1.29, 1.82) is 0 Å². The number of carbonyl (C=O) groups is 3. The first-order chi connectivity index (χ1) is 16.6. The summed E-state index contributed by atoms with van der Waals surface area (Å²) in [6.45, 7) is 16.5. The van der Waals surface area contributed by atoms with Gasteiger partial charge < -0.3 is 19.6 Å². The van der Waals surface area contributed by atoms with E-state index in [2.05, 4.69) is 34.3 Å². The molecule has 0 aromatic heterocycles. The molecular formula is C27H44N2O5S. The molecule has 3 aliphatic heterocycles. The number of aliphatic hydroxyl groups is 1. The predicted octanol–water partition coefficient (Wildman–Crippen LogP) is 3.50. The van der Waals surface area contributed by atoms with Crippen LogP contribution in [0.15, 0.2) is 12.7 Å². The Morgan fingerprint density at radius 3 is 2.57 bits per heavy atom. The van der Waals surface area contributed by atoms with Crippen LogP contribution in [0.3, 0.4) is 0 Å². The number of rotatable bonds is 12. The summed E-state index contributed by atoms with van der Waals surface area (Å²) < 4.78 is 4.72. The summed E-state index contributed by atoms with van der Waals surface area (Å²) in [7, 11) is 0. The maximum Gasteiger partial charge on any atom is 0.310 e. The Hall–Kier alpha value is -1.54. The Morgan fingerprint density at radius 2 is 2.03 bits per heavy atom. The van der Waals surface area contributed by atoms with E-state index in [0.29, 0.717) is 13.0 Å². The van der Waals surface area contributed by atoms with E-state index < -0.39 is 28.7 Å². The first-order valence-electron chi connectivity index (χ1n) is 13.3. The van der Waals surface area contributed by atoms with Crippen LogP contribution in [0.1, 0.15) is 67.2 Å². The van der Waals surface area contributed by atoms with Gasteiger partial charge in [0.1, 0.15) is 6.04 Å². The quantitative estimate of drug-likeness (QED) is 0.321. The number of amides is 2. The minimum absolute atomic E-state index is 0.00431. The number of thioether (sulfide) groups is 1. The molecule has 1 N–H and O–H groups in total. The first-order valence-corrected chi connectivity index (χ1v) is 14.2. The second-order valence-electron chi connectivity index (χ2n) is 10.9. The van der Waals surface area contributed by atoms with E-state index in [1.165, 1.54) is 0 Å². The van der Waals surface area contributed by atoms with Gasteiger partial charge in [-0.3, -0.25) is 14.4 Å². The van der Waals surface area contributed by atoms with Gasteiger partial charge in [-0.05, 0) is 44.9 Å². The zero-order valence-corrected chi connectivity index (χ0v) is 23.1. The molecule has 0 aromatic rings. The van der Waals surface area contributed by atoms with Crippen LogP contribution < -0.4 is 0 Å². The van der Waals surface area contributed by atoms with Crippen LogP contribution in [-0.2, 0) is 19.1 Å². The van der Waals surface area contributed by atoms with E-state index in [-0.39, 0.29) is 54.1 Å². The van der Waals surface area contributed by atoms with Crippen LogP contribution in [0, 0.1) is 23.7 Å². The van der Waals surface area contributed by atoms with E-state index in [1.807, 2.05) is 11.8 Å². The highest BCUT2D eigenvalue weighted by Crippen LogP contribution is 2.69. The van der Waals surface area contributed by atoms with Crippen molar-refractivity contribution in [3.05, 3.63) is 12.7 Å². The molecule has 8 atom stereocenters. The monoisotopic (exact) mass is 508 g/mol. The zero-order chi connectivity index (χ0) is 26.1. The van der Waals surface area contributed by atoms with E-state index in [9.17, 15) is 19.5 Å². The molecule has 1 spiro atoms. The van der Waals surface area contributed by atoms with Gasteiger partial charge >= 0.3 is 5.97 Å². The lowest BCUT2D eigenvalue weighted by molar-refractivity contribution is -0.154. The Kier molecular flexibility index (Phi) is 9.01. The van der Waals surface area contributed by atoms with Crippen molar-refractivity contribution >= 4 is 29.5 Å². The highest BCUT2D eigenvalue weighted by atomic mass is 32.2. The number of aliphatic hydroxyl groups excluding tert-OH is 1. The molecule has 0 saturated carbocycles. The molecule has 3 aliphatic rings. The molecule has 35 heavy (non-hydrogen) atoms. The Morgan fingerprint density at radius 1 is 1.34 bits per heavy atom. The Bertz CT molecular complexity index is 819. The molecular weight excluding hydrogens is 464 g/mol. The zero-order valence-electron chi connectivity index (χ0n) is 22.2. The summed E-state index contributed by atoms with van der Waals surface area (Å²) >= 11 is 1.65. The smallest absolute Gasteiger partial charge is 0.310 e. The number of esters is 1. The normalized spacial score (nSPS) is 33.1. The van der Waals surface area contributed by atoms with Crippen molar-refractivity contribution in [2.75, 3.05) is 19.8 Å². The summed E-state index contributed by atoms with van der Waals surface area (Å²) in [5.74, 6) is -1.44. The average Bonchev–Trinajstić information content (AvgIpc) is 3.39. The molecule has 3 rings (SSSR count). The van der Waals surface area contributed by atoms with E-state index >= 15 is 0 Å². The maximum atomic E-state index is 14.5. The summed E-state index contributed by atoms with van der Waals surface area (Å²) in [5.41, 5.74) is 0. The number of hydrogen-bond donors (Lipinski definition) is 1. The van der Waals surface area contributed by atoms with Gasteiger partial charge in [-0.15, -0.1) is 18.3 Å². The van der Waals surface area contributed by atoms with Gasteiger partial charge in [0.2, 0.25) is 11.8 Å². The molecule has 2 amide bonds. The third-order valence-electron chi connectivity index (χ3n) is 8.17. The highest BCUT2D eigenvalue weighted by molar-refractivity contribution is 8.02. The number of fused-ring (bicyclic) bond motifs is 1. The molecule has 3 fully saturated rings. The minimum Gasteiger partial charge on any atom is -0.466 e. The van der Waals surface area contributed by atoms with Crippen molar-refractivity contribution in [2.24, 2.45) is 23.7 Å². The van der Waals surface area contributed by atoms with Crippen LogP contribution >= 0.6 is 11.8 Å². The van der Waals surface area contributed by atoms with Crippen molar-refractivity contribution in [3.63, 3.8) is 0 Å². The average molecular weight is 509 g/mol. The van der Waals surface area contributed by atoms with Crippen molar-refractivity contribution in [1.82, 2.24) is 9.80 Å². The van der Waals surface area contributed by atoms with Gasteiger partial charge in [0, 0.05) is 17.8 Å². The Labute approximate surface area is 215 Å². The van der Waals surface area contributed by atoms with E-state index in [0.717, 1.165) is 19.3 Å². The second kappa shape index (κ2) is 11.2. The number of likely N-dealkylation sites (tertiary alicyclic amines) is 1. The van der Waals surface area contributed by atoms with Crippen LogP contribution in [0.5, 0.6) is 0 Å². The van der Waals surface area contributed by atoms with Gasteiger partial charge in [-0.2, -0.15) is 0 Å². The van der Waals surface area contributed by atoms with Crippen LogP contribution in [0.2, 0.25) is 0 Å². The standard InChI is InChI=1S/C27H44N2O5S/c1-8-11-18(7)28(12-9-2)25(32)23-27-17(6)14-20(35-27)21(26(33)34-10-3)22(27)24(31)29(23)19(15-30)13-16(4)5/h9,16-23,30H,2,8,10-15H2,1,3-7H3/t17?,18?,19-,20-,21+,22+,23?,27?/m1/s1.